The van der Waals surface area contributed by atoms with Crippen LogP contribution in [0.4, 0.5) is 0 Å². The van der Waals surface area contributed by atoms with Crippen molar-refractivity contribution in [1.29, 1.82) is 0 Å². The van der Waals surface area contributed by atoms with E-state index in [1.807, 2.05) is 30.3 Å². The summed E-state index contributed by atoms with van der Waals surface area (Å²) < 4.78 is 30.0. The fourth-order valence-corrected chi connectivity index (χ4v) is 3.18. The molecule has 28 heavy (non-hydrogen) atoms. The van der Waals surface area contributed by atoms with E-state index in [0.717, 1.165) is 16.1 Å². The van der Waals surface area contributed by atoms with E-state index in [4.69, 9.17) is 4.74 Å². The third kappa shape index (κ3) is 6.67. The van der Waals surface area contributed by atoms with Gasteiger partial charge in [0.1, 0.15) is 0 Å². The van der Waals surface area contributed by atoms with Crippen LogP contribution in [0.3, 0.4) is 0 Å². The van der Waals surface area contributed by atoms with Gasteiger partial charge >= 0.3 is 0 Å². The number of benzene rings is 2. The maximum atomic E-state index is 12.1. The Bertz CT molecular complexity index is 930. The van der Waals surface area contributed by atoms with E-state index in [1.165, 1.54) is 19.4 Å². The maximum absolute atomic E-state index is 12.1. The van der Waals surface area contributed by atoms with E-state index in [2.05, 4.69) is 10.5 Å². The first-order valence-corrected chi connectivity index (χ1v) is 10.3. The summed E-state index contributed by atoms with van der Waals surface area (Å²) in [6, 6.07) is 14.0. The summed E-state index contributed by atoms with van der Waals surface area (Å²) in [5.41, 5.74) is 3.88. The third-order valence-electron chi connectivity index (χ3n) is 3.89. The van der Waals surface area contributed by atoms with Gasteiger partial charge in [-0.05, 0) is 35.7 Å². The summed E-state index contributed by atoms with van der Waals surface area (Å²) in [6.07, 6.45) is 2.93. The first kappa shape index (κ1) is 21.4. The molecule has 0 aromatic heterocycles. The zero-order valence-electron chi connectivity index (χ0n) is 15.7. The van der Waals surface area contributed by atoms with E-state index >= 15 is 0 Å². The standard InChI is InChI=1S/C19H23N3O5S/c1-27-18-12-16(8-9-17(18)23)13-20-21-19(24)14-22(28(2,25)26)11-10-15-6-4-3-5-7-15/h3-9,12-13,23H,10-11,14H2,1-2H3,(H,21,24)/b20-13+. The molecule has 1 amide bonds. The Labute approximate surface area is 164 Å². The Morgan fingerprint density at radius 1 is 1.25 bits per heavy atom. The molecule has 0 atom stereocenters. The van der Waals surface area contributed by atoms with Crippen LogP contribution in [-0.2, 0) is 21.2 Å². The molecule has 0 saturated carbocycles. The van der Waals surface area contributed by atoms with E-state index in [1.54, 1.807) is 12.1 Å². The molecule has 2 aromatic rings. The Balaban J connectivity index is 1.94. The Morgan fingerprint density at radius 2 is 1.96 bits per heavy atom. The number of carbonyl (C=O) groups is 1. The highest BCUT2D eigenvalue weighted by atomic mass is 32.2. The molecule has 0 bridgehead atoms. The molecule has 2 N–H and O–H groups in total. The highest BCUT2D eigenvalue weighted by molar-refractivity contribution is 7.88. The Hall–Kier alpha value is -2.91. The number of phenolic OH excluding ortho intramolecular Hbond substituents is 1. The zero-order valence-corrected chi connectivity index (χ0v) is 16.5. The van der Waals surface area contributed by atoms with Crippen LogP contribution in [0.5, 0.6) is 11.5 Å². The van der Waals surface area contributed by atoms with E-state index in [-0.39, 0.29) is 24.6 Å². The van der Waals surface area contributed by atoms with E-state index in [0.29, 0.717) is 12.0 Å². The molecular formula is C19H23N3O5S. The van der Waals surface area contributed by atoms with Crippen molar-refractivity contribution in [2.24, 2.45) is 5.10 Å². The molecule has 8 nitrogen and oxygen atoms in total. The highest BCUT2D eigenvalue weighted by Gasteiger charge is 2.19. The highest BCUT2D eigenvalue weighted by Crippen LogP contribution is 2.25. The lowest BCUT2D eigenvalue weighted by Crippen LogP contribution is -2.40. The van der Waals surface area contributed by atoms with Gasteiger partial charge in [-0.2, -0.15) is 9.41 Å². The minimum atomic E-state index is -3.54. The summed E-state index contributed by atoms with van der Waals surface area (Å²) in [7, 11) is -2.12. The predicted molar refractivity (Wildman–Crippen MR) is 107 cm³/mol. The lowest BCUT2D eigenvalue weighted by molar-refractivity contribution is -0.121. The second-order valence-electron chi connectivity index (χ2n) is 6.06. The number of hydrogen-bond donors (Lipinski definition) is 2. The van der Waals surface area contributed by atoms with Gasteiger partial charge in [0.25, 0.3) is 5.91 Å². The van der Waals surface area contributed by atoms with Gasteiger partial charge in [0.05, 0.1) is 26.1 Å². The topological polar surface area (TPSA) is 108 Å². The number of hydrazone groups is 1. The van der Waals surface area contributed by atoms with Crippen LogP contribution in [0.25, 0.3) is 0 Å². The van der Waals surface area contributed by atoms with Crippen LogP contribution in [-0.4, -0.2) is 56.4 Å². The Morgan fingerprint density at radius 3 is 2.61 bits per heavy atom. The van der Waals surface area contributed by atoms with Crippen molar-refractivity contribution in [3.05, 3.63) is 59.7 Å². The summed E-state index contributed by atoms with van der Waals surface area (Å²) in [4.78, 5) is 12.1. The van der Waals surface area contributed by atoms with Crippen LogP contribution in [0.15, 0.2) is 53.6 Å². The van der Waals surface area contributed by atoms with Gasteiger partial charge in [0, 0.05) is 6.54 Å². The van der Waals surface area contributed by atoms with Crippen molar-refractivity contribution in [3.63, 3.8) is 0 Å². The molecule has 0 fully saturated rings. The monoisotopic (exact) mass is 405 g/mol. The molecule has 0 heterocycles. The van der Waals surface area contributed by atoms with Gasteiger partial charge in [-0.1, -0.05) is 30.3 Å². The largest absolute Gasteiger partial charge is 0.504 e. The van der Waals surface area contributed by atoms with Crippen molar-refractivity contribution in [3.8, 4) is 11.5 Å². The summed E-state index contributed by atoms with van der Waals surface area (Å²) >= 11 is 0. The van der Waals surface area contributed by atoms with Crippen LogP contribution in [0.1, 0.15) is 11.1 Å². The number of phenols is 1. The van der Waals surface area contributed by atoms with Crippen molar-refractivity contribution >= 4 is 22.1 Å². The van der Waals surface area contributed by atoms with E-state index < -0.39 is 15.9 Å². The van der Waals surface area contributed by atoms with Gasteiger partial charge in [-0.3, -0.25) is 4.79 Å². The molecular weight excluding hydrogens is 382 g/mol. The minimum absolute atomic E-state index is 0.00843. The summed E-state index contributed by atoms with van der Waals surface area (Å²) in [5, 5.41) is 13.4. The van der Waals surface area contributed by atoms with Gasteiger partial charge in [-0.15, -0.1) is 0 Å². The Kier molecular flexibility index (Phi) is 7.53. The van der Waals surface area contributed by atoms with Gasteiger partial charge in [0.15, 0.2) is 11.5 Å². The van der Waals surface area contributed by atoms with Crippen LogP contribution in [0.2, 0.25) is 0 Å². The summed E-state index contributed by atoms with van der Waals surface area (Å²) in [5.74, 6) is -0.286. The van der Waals surface area contributed by atoms with E-state index in [9.17, 15) is 18.3 Å². The second kappa shape index (κ2) is 9.86. The van der Waals surface area contributed by atoms with Crippen molar-refractivity contribution < 1.29 is 23.1 Å². The number of methoxy groups -OCH3 is 1. The smallest absolute Gasteiger partial charge is 0.255 e. The number of nitrogens with zero attached hydrogens (tertiary/aromatic N) is 2. The maximum Gasteiger partial charge on any atom is 0.255 e. The number of hydrogen-bond acceptors (Lipinski definition) is 6. The first-order chi connectivity index (χ1) is 13.3. The molecule has 0 saturated heterocycles. The normalized spacial score (nSPS) is 11.7. The predicted octanol–water partition coefficient (Wildman–Crippen LogP) is 1.36. The number of nitrogens with one attached hydrogen (secondary N) is 1. The van der Waals surface area contributed by atoms with Gasteiger partial charge in [-0.25, -0.2) is 13.8 Å². The fraction of sp³-hybridized carbons (Fsp3) is 0.263. The van der Waals surface area contributed by atoms with Crippen LogP contribution < -0.4 is 10.2 Å². The molecule has 0 unspecified atom stereocenters. The van der Waals surface area contributed by atoms with Crippen molar-refractivity contribution in [2.45, 2.75) is 6.42 Å². The minimum Gasteiger partial charge on any atom is -0.504 e. The lowest BCUT2D eigenvalue weighted by Gasteiger charge is -2.18. The number of sulfonamides is 1. The lowest BCUT2D eigenvalue weighted by atomic mass is 10.1. The number of carbonyl (C=O) groups excluding carboxylic acids is 1. The van der Waals surface area contributed by atoms with Gasteiger partial charge in [0.2, 0.25) is 10.0 Å². The average molecular weight is 405 g/mol. The SMILES string of the molecule is COc1cc(/C=N/NC(=O)CN(CCc2ccccc2)S(C)(=O)=O)ccc1O. The second-order valence-corrected chi connectivity index (χ2v) is 8.04. The number of rotatable bonds is 9. The van der Waals surface area contributed by atoms with Crippen LogP contribution >= 0.6 is 0 Å². The van der Waals surface area contributed by atoms with Crippen molar-refractivity contribution in [1.82, 2.24) is 9.73 Å². The third-order valence-corrected chi connectivity index (χ3v) is 5.14. The van der Waals surface area contributed by atoms with Crippen LogP contribution in [0, 0.1) is 0 Å². The molecule has 0 aliphatic rings. The number of amides is 1. The number of aromatic hydroxyl groups is 1. The molecule has 2 rings (SSSR count). The number of ether oxygens (including phenoxy) is 1. The summed E-state index contributed by atoms with van der Waals surface area (Å²) in [6.45, 7) is -0.142. The van der Waals surface area contributed by atoms with Crippen molar-refractivity contribution in [2.75, 3.05) is 26.5 Å². The molecule has 0 spiro atoms. The fourth-order valence-electron chi connectivity index (χ4n) is 2.41. The quantitative estimate of drug-likeness (QED) is 0.484. The average Bonchev–Trinajstić information content (AvgIpc) is 2.66. The zero-order chi connectivity index (χ0) is 20.6. The molecule has 0 radical (unpaired) electrons. The molecule has 2 aromatic carbocycles. The molecule has 150 valence electrons. The molecule has 0 aliphatic carbocycles. The molecule has 0 aliphatic heterocycles. The first-order valence-electron chi connectivity index (χ1n) is 8.47. The molecule has 9 heteroatoms. The van der Waals surface area contributed by atoms with Gasteiger partial charge < -0.3 is 9.84 Å².